The number of nitrogens with zero attached hydrogens (tertiary/aromatic N) is 4. The Morgan fingerprint density at radius 2 is 1.83 bits per heavy atom. The summed E-state index contributed by atoms with van der Waals surface area (Å²) in [7, 11) is 0. The van der Waals surface area contributed by atoms with Gasteiger partial charge in [0.25, 0.3) is 0 Å². The molecular formula is C37H54N4O6S. The van der Waals surface area contributed by atoms with Crippen LogP contribution in [-0.2, 0) is 19.1 Å². The van der Waals surface area contributed by atoms with Gasteiger partial charge in [0.2, 0.25) is 17.7 Å². The van der Waals surface area contributed by atoms with Crippen molar-refractivity contribution >= 4 is 35.2 Å². The maximum Gasteiger partial charge on any atom is 0.247 e. The summed E-state index contributed by atoms with van der Waals surface area (Å²) < 4.78 is 10.4. The number of carbonyl (C=O) groups is 3. The summed E-state index contributed by atoms with van der Waals surface area (Å²) in [5.41, 5.74) is 0.710. The fourth-order valence-corrected chi connectivity index (χ4v) is 10.8. The Labute approximate surface area is 290 Å². The predicted octanol–water partition coefficient (Wildman–Crippen LogP) is 3.70. The molecule has 4 saturated heterocycles. The molecule has 1 aromatic carbocycles. The highest BCUT2D eigenvalue weighted by Crippen LogP contribution is 2.69. The number of anilines is 1. The van der Waals surface area contributed by atoms with Gasteiger partial charge in [0.05, 0.1) is 49.1 Å². The standard InChI is InChI=1S/C37H54N4O6S/c1-7-15-39(18-17-38-19-21-46-22-20-38)36(45)33-37-26(6)23-30(48-37)31(32(37)35(44)41(33)29(24-42)25(5)9-3)34(43)40(16-8-2)27-11-13-28(14-12-27)47-10-4/h7-8,11-14,25-26,29-33,42H,1-2,9-10,15-24H2,3-6H3/t25-,26?,29-,30-,31+,32-,33?,37?/m0/s1. The van der Waals surface area contributed by atoms with E-state index in [-0.39, 0.29) is 48.0 Å². The first-order chi connectivity index (χ1) is 23.2. The van der Waals surface area contributed by atoms with E-state index in [9.17, 15) is 14.7 Å². The highest BCUT2D eigenvalue weighted by molar-refractivity contribution is 8.02. The van der Waals surface area contributed by atoms with Crippen LogP contribution in [0.15, 0.2) is 49.6 Å². The molecule has 48 heavy (non-hydrogen) atoms. The van der Waals surface area contributed by atoms with E-state index in [0.717, 1.165) is 31.7 Å². The second-order valence-electron chi connectivity index (χ2n) is 13.6. The number of fused-ring (bicyclic) bond motifs is 1. The lowest BCUT2D eigenvalue weighted by atomic mass is 9.65. The van der Waals surface area contributed by atoms with Crippen molar-refractivity contribution < 1.29 is 29.0 Å². The summed E-state index contributed by atoms with van der Waals surface area (Å²) in [6.07, 6.45) is 4.91. The van der Waals surface area contributed by atoms with Gasteiger partial charge in [0, 0.05) is 50.2 Å². The minimum absolute atomic E-state index is 0.0175. The van der Waals surface area contributed by atoms with Gasteiger partial charge in [0.15, 0.2) is 0 Å². The van der Waals surface area contributed by atoms with Crippen LogP contribution in [-0.4, -0.2) is 125 Å². The maximum atomic E-state index is 15.0. The molecule has 4 fully saturated rings. The van der Waals surface area contributed by atoms with Gasteiger partial charge in [0.1, 0.15) is 11.8 Å². The number of aliphatic hydroxyl groups is 1. The summed E-state index contributed by atoms with van der Waals surface area (Å²) in [6, 6.07) is 6.09. The monoisotopic (exact) mass is 682 g/mol. The van der Waals surface area contributed by atoms with Gasteiger partial charge in [-0.25, -0.2) is 0 Å². The van der Waals surface area contributed by atoms with Crippen LogP contribution in [0.25, 0.3) is 0 Å². The van der Waals surface area contributed by atoms with Crippen LogP contribution in [0.3, 0.4) is 0 Å². The lowest BCUT2D eigenvalue weighted by Gasteiger charge is -2.43. The van der Waals surface area contributed by atoms with Crippen molar-refractivity contribution in [2.24, 2.45) is 23.7 Å². The minimum Gasteiger partial charge on any atom is -0.494 e. The van der Waals surface area contributed by atoms with Gasteiger partial charge in [-0.15, -0.1) is 24.9 Å². The van der Waals surface area contributed by atoms with Crippen molar-refractivity contribution in [2.45, 2.75) is 62.6 Å². The SMILES string of the molecule is C=CCN(CCN1CCOCC1)C(=O)C1N([C@@H](CO)[C@@H](C)CC)C(=O)[C@@H]2[C@H](C(=O)N(CC=C)c3ccc(OCC)cc3)[C@@H]3CC(C)C12S3. The molecule has 264 valence electrons. The molecule has 4 aliphatic heterocycles. The van der Waals surface area contributed by atoms with Crippen molar-refractivity contribution in [3.63, 3.8) is 0 Å². The molecule has 3 unspecified atom stereocenters. The van der Waals surface area contributed by atoms with Gasteiger partial charge in [-0.1, -0.05) is 39.3 Å². The Bertz CT molecular complexity index is 1320. The number of morpholine rings is 1. The molecule has 3 amide bonds. The molecule has 8 atom stereocenters. The quantitative estimate of drug-likeness (QED) is 0.264. The number of likely N-dealkylation sites (tertiary alicyclic amines) is 1. The molecule has 4 aliphatic rings. The van der Waals surface area contributed by atoms with Gasteiger partial charge >= 0.3 is 0 Å². The highest BCUT2D eigenvalue weighted by atomic mass is 32.2. The number of benzene rings is 1. The smallest absolute Gasteiger partial charge is 0.247 e. The number of hydrogen-bond donors (Lipinski definition) is 1. The first-order valence-electron chi connectivity index (χ1n) is 17.6. The third-order valence-electron chi connectivity index (χ3n) is 11.0. The Balaban J connectivity index is 1.54. The van der Waals surface area contributed by atoms with Crippen LogP contribution >= 0.6 is 11.8 Å². The van der Waals surface area contributed by atoms with Crippen molar-refractivity contribution in [3.8, 4) is 5.75 Å². The highest BCUT2D eigenvalue weighted by Gasteiger charge is 2.77. The van der Waals surface area contributed by atoms with E-state index >= 15 is 4.79 Å². The van der Waals surface area contributed by atoms with Gasteiger partial charge in [-0.2, -0.15) is 0 Å². The Morgan fingerprint density at radius 1 is 1.15 bits per heavy atom. The van der Waals surface area contributed by atoms with E-state index in [1.54, 1.807) is 33.7 Å². The molecule has 11 heteroatoms. The van der Waals surface area contributed by atoms with Crippen molar-refractivity contribution in [1.29, 1.82) is 0 Å². The van der Waals surface area contributed by atoms with Crippen LogP contribution in [0.1, 0.15) is 40.5 Å². The summed E-state index contributed by atoms with van der Waals surface area (Å²) in [5, 5.41) is 10.7. The minimum atomic E-state index is -0.799. The van der Waals surface area contributed by atoms with E-state index in [0.29, 0.717) is 45.1 Å². The topological polar surface area (TPSA) is 103 Å². The Kier molecular flexibility index (Phi) is 12.0. The molecule has 1 aromatic rings. The molecular weight excluding hydrogens is 628 g/mol. The lowest BCUT2D eigenvalue weighted by molar-refractivity contribution is -0.147. The normalized spacial score (nSPS) is 29.3. The average Bonchev–Trinajstić information content (AvgIpc) is 3.70. The second-order valence-corrected chi connectivity index (χ2v) is 15.2. The second kappa shape index (κ2) is 15.8. The first-order valence-corrected chi connectivity index (χ1v) is 18.5. The number of hydrogen-bond acceptors (Lipinski definition) is 8. The Hall–Kier alpha value is -2.86. The van der Waals surface area contributed by atoms with Crippen LogP contribution < -0.4 is 9.64 Å². The summed E-state index contributed by atoms with van der Waals surface area (Å²) in [6.45, 7) is 21.1. The third-order valence-corrected chi connectivity index (χ3v) is 13.1. The van der Waals surface area contributed by atoms with E-state index in [1.165, 1.54) is 0 Å². The van der Waals surface area contributed by atoms with Crippen LogP contribution in [0.5, 0.6) is 5.75 Å². The zero-order chi connectivity index (χ0) is 34.6. The largest absolute Gasteiger partial charge is 0.494 e. The van der Waals surface area contributed by atoms with Crippen molar-refractivity contribution in [3.05, 3.63) is 49.6 Å². The van der Waals surface area contributed by atoms with Gasteiger partial charge in [-0.05, 0) is 49.4 Å². The van der Waals surface area contributed by atoms with Crippen LogP contribution in [0.2, 0.25) is 0 Å². The number of rotatable bonds is 16. The summed E-state index contributed by atoms with van der Waals surface area (Å²) in [5.74, 6) is -1.04. The molecule has 5 rings (SSSR count). The predicted molar refractivity (Wildman–Crippen MR) is 190 cm³/mol. The number of carbonyl (C=O) groups excluding carboxylic acids is 3. The molecule has 1 spiro atoms. The Morgan fingerprint density at radius 3 is 2.44 bits per heavy atom. The van der Waals surface area contributed by atoms with Crippen LogP contribution in [0, 0.1) is 23.7 Å². The molecule has 0 aromatic heterocycles. The average molecular weight is 683 g/mol. The van der Waals surface area contributed by atoms with Crippen LogP contribution in [0.4, 0.5) is 5.69 Å². The van der Waals surface area contributed by atoms with Gasteiger partial charge < -0.3 is 29.3 Å². The number of ether oxygens (including phenoxy) is 2. The van der Waals surface area contributed by atoms with Crippen molar-refractivity contribution in [1.82, 2.24) is 14.7 Å². The molecule has 4 heterocycles. The molecule has 1 N–H and O–H groups in total. The van der Waals surface area contributed by atoms with E-state index in [2.05, 4.69) is 25.0 Å². The maximum absolute atomic E-state index is 15.0. The molecule has 0 aliphatic carbocycles. The molecule has 0 radical (unpaired) electrons. The molecule has 10 nitrogen and oxygen atoms in total. The third kappa shape index (κ3) is 6.55. The van der Waals surface area contributed by atoms with Crippen molar-refractivity contribution in [2.75, 3.05) is 70.6 Å². The first kappa shape index (κ1) is 36.4. The van der Waals surface area contributed by atoms with E-state index in [1.807, 2.05) is 49.9 Å². The summed E-state index contributed by atoms with van der Waals surface area (Å²) >= 11 is 1.67. The number of aliphatic hydroxyl groups excluding tert-OH is 1. The summed E-state index contributed by atoms with van der Waals surface area (Å²) in [4.78, 5) is 52.3. The lowest BCUT2D eigenvalue weighted by Crippen LogP contribution is -2.60. The fourth-order valence-electron chi connectivity index (χ4n) is 8.42. The zero-order valence-corrected chi connectivity index (χ0v) is 29.9. The van der Waals surface area contributed by atoms with E-state index < -0.39 is 28.7 Å². The number of thioether (sulfide) groups is 1. The van der Waals surface area contributed by atoms with Gasteiger partial charge in [-0.3, -0.25) is 19.3 Å². The van der Waals surface area contributed by atoms with E-state index in [4.69, 9.17) is 9.47 Å². The molecule has 0 saturated carbocycles. The zero-order valence-electron chi connectivity index (χ0n) is 29.1. The fraction of sp³-hybridized carbons (Fsp3) is 0.649. The number of amides is 3. The molecule has 2 bridgehead atoms.